The minimum Gasteiger partial charge on any atom is -0.391 e. The average Bonchev–Trinajstić information content (AvgIpc) is 3.20. The van der Waals surface area contributed by atoms with Gasteiger partial charge >= 0.3 is 0 Å². The van der Waals surface area contributed by atoms with Gasteiger partial charge in [-0.05, 0) is 41.9 Å². The minimum absolute atomic E-state index is 0.258. The van der Waals surface area contributed by atoms with Crippen LogP contribution in [-0.4, -0.2) is 46.4 Å². The highest BCUT2D eigenvalue weighted by atomic mass is 19.1. The van der Waals surface area contributed by atoms with E-state index in [0.717, 1.165) is 23.8 Å². The van der Waals surface area contributed by atoms with Gasteiger partial charge in [0.05, 0.1) is 11.7 Å². The van der Waals surface area contributed by atoms with Crippen molar-refractivity contribution < 1.29 is 23.2 Å². The van der Waals surface area contributed by atoms with Gasteiger partial charge in [0, 0.05) is 24.7 Å². The van der Waals surface area contributed by atoms with Crippen LogP contribution in [0.1, 0.15) is 16.8 Å². The zero-order valence-corrected chi connectivity index (χ0v) is 15.3. The summed E-state index contributed by atoms with van der Waals surface area (Å²) >= 11 is 0. The molecule has 3 aromatic rings. The van der Waals surface area contributed by atoms with Gasteiger partial charge in [-0.1, -0.05) is 18.2 Å². The van der Waals surface area contributed by atoms with Crippen LogP contribution in [0.5, 0.6) is 0 Å². The number of piperidine rings is 1. The number of amides is 1. The van der Waals surface area contributed by atoms with E-state index < -0.39 is 29.7 Å². The van der Waals surface area contributed by atoms with Gasteiger partial charge in [0.25, 0.3) is 17.7 Å². The molecule has 2 heterocycles. The molecule has 2 atom stereocenters. The van der Waals surface area contributed by atoms with Crippen molar-refractivity contribution in [2.75, 3.05) is 18.0 Å². The summed E-state index contributed by atoms with van der Waals surface area (Å²) in [5, 5.41) is 16.8. The maximum atomic E-state index is 13.8. The Hall–Kier alpha value is -3.33. The Labute approximate surface area is 165 Å². The summed E-state index contributed by atoms with van der Waals surface area (Å²) in [6.07, 6.45) is -0.493. The Balaban J connectivity index is 1.48. The van der Waals surface area contributed by atoms with Gasteiger partial charge in [-0.15, -0.1) is 0 Å². The second-order valence-electron chi connectivity index (χ2n) is 6.85. The maximum absolute atomic E-state index is 13.8. The van der Waals surface area contributed by atoms with Crippen LogP contribution in [0, 0.1) is 11.6 Å². The largest absolute Gasteiger partial charge is 0.391 e. The smallest absolute Gasteiger partial charge is 0.266 e. The highest BCUT2D eigenvalue weighted by Crippen LogP contribution is 2.23. The summed E-state index contributed by atoms with van der Waals surface area (Å²) in [5.41, 5.74) is 0.373. The lowest BCUT2D eigenvalue weighted by molar-refractivity contribution is 0.0889. The van der Waals surface area contributed by atoms with Crippen molar-refractivity contribution in [3.63, 3.8) is 0 Å². The van der Waals surface area contributed by atoms with Crippen molar-refractivity contribution >= 4 is 11.9 Å². The first-order valence-electron chi connectivity index (χ1n) is 9.07. The summed E-state index contributed by atoms with van der Waals surface area (Å²) in [6.45, 7) is 0.544. The van der Waals surface area contributed by atoms with Crippen LogP contribution in [0.4, 0.5) is 14.7 Å². The number of aliphatic hydroxyl groups excluding tert-OH is 1. The van der Waals surface area contributed by atoms with Crippen LogP contribution in [0.15, 0.2) is 53.1 Å². The Morgan fingerprint density at radius 3 is 2.76 bits per heavy atom. The van der Waals surface area contributed by atoms with Gasteiger partial charge < -0.3 is 19.8 Å². The molecule has 9 heteroatoms. The van der Waals surface area contributed by atoms with E-state index in [1.54, 1.807) is 4.90 Å². The molecular formula is C20H18F2N4O3. The van der Waals surface area contributed by atoms with Crippen LogP contribution >= 0.6 is 0 Å². The molecule has 4 rings (SSSR count). The number of anilines is 1. The number of benzene rings is 2. The van der Waals surface area contributed by atoms with E-state index in [0.29, 0.717) is 5.89 Å². The lowest BCUT2D eigenvalue weighted by atomic mass is 10.0. The lowest BCUT2D eigenvalue weighted by Gasteiger charge is -2.35. The van der Waals surface area contributed by atoms with Crippen molar-refractivity contribution in [3.05, 3.63) is 65.7 Å². The number of aliphatic hydroxyl groups is 1. The van der Waals surface area contributed by atoms with E-state index in [1.165, 1.54) is 0 Å². The summed E-state index contributed by atoms with van der Waals surface area (Å²) in [4.78, 5) is 18.4. The second-order valence-corrected chi connectivity index (χ2v) is 6.85. The summed E-state index contributed by atoms with van der Waals surface area (Å²) < 4.78 is 32.5. The highest BCUT2D eigenvalue weighted by molar-refractivity contribution is 5.94. The SMILES string of the molecule is O=C(N[C@H]1C[C@@H](O)CN(c2noc(-c3ccccc3)n2)C1)c1cc(F)ccc1F. The zero-order chi connectivity index (χ0) is 20.4. The molecule has 1 amide bonds. The van der Waals surface area contributed by atoms with E-state index in [9.17, 15) is 18.7 Å². The number of β-amino-alcohol motifs (C(OH)–C–C–N with tert-alkyl or cyclic N) is 1. The lowest BCUT2D eigenvalue weighted by Crippen LogP contribution is -2.53. The number of rotatable bonds is 4. The predicted molar refractivity (Wildman–Crippen MR) is 100 cm³/mol. The van der Waals surface area contributed by atoms with Crippen LogP contribution in [-0.2, 0) is 0 Å². The summed E-state index contributed by atoms with van der Waals surface area (Å²) in [6, 6.07) is 11.4. The molecule has 1 aromatic heterocycles. The summed E-state index contributed by atoms with van der Waals surface area (Å²) in [5.74, 6) is -1.66. The molecule has 0 aliphatic carbocycles. The highest BCUT2D eigenvalue weighted by Gasteiger charge is 2.30. The van der Waals surface area contributed by atoms with Crippen molar-refractivity contribution in [2.24, 2.45) is 0 Å². The van der Waals surface area contributed by atoms with Gasteiger partial charge in [-0.2, -0.15) is 4.98 Å². The first-order chi connectivity index (χ1) is 14.0. The van der Waals surface area contributed by atoms with Gasteiger partial charge in [-0.3, -0.25) is 4.79 Å². The molecule has 1 fully saturated rings. The molecule has 0 unspecified atom stereocenters. The third-order valence-corrected chi connectivity index (χ3v) is 4.66. The third-order valence-electron chi connectivity index (χ3n) is 4.66. The summed E-state index contributed by atoms with van der Waals surface area (Å²) in [7, 11) is 0. The van der Waals surface area contributed by atoms with Crippen molar-refractivity contribution in [2.45, 2.75) is 18.6 Å². The molecule has 0 bridgehead atoms. The first kappa shape index (κ1) is 19.0. The van der Waals surface area contributed by atoms with Gasteiger partial charge in [0.1, 0.15) is 11.6 Å². The number of carbonyl (C=O) groups is 1. The molecule has 0 saturated carbocycles. The topological polar surface area (TPSA) is 91.5 Å². The molecule has 7 nitrogen and oxygen atoms in total. The zero-order valence-electron chi connectivity index (χ0n) is 15.3. The number of hydrogen-bond donors (Lipinski definition) is 2. The van der Waals surface area contributed by atoms with Gasteiger partial charge in [0.2, 0.25) is 0 Å². The number of carbonyl (C=O) groups excluding carboxylic acids is 1. The average molecular weight is 400 g/mol. The van der Waals surface area contributed by atoms with Crippen LogP contribution in [0.2, 0.25) is 0 Å². The Morgan fingerprint density at radius 2 is 1.97 bits per heavy atom. The first-order valence-corrected chi connectivity index (χ1v) is 9.07. The normalized spacial score (nSPS) is 19.2. The van der Waals surface area contributed by atoms with E-state index in [2.05, 4.69) is 15.5 Å². The number of halogens is 2. The van der Waals surface area contributed by atoms with E-state index in [4.69, 9.17) is 4.52 Å². The van der Waals surface area contributed by atoms with Crippen molar-refractivity contribution in [1.29, 1.82) is 0 Å². The number of nitrogens with zero attached hydrogens (tertiary/aromatic N) is 3. The number of nitrogens with one attached hydrogen (secondary N) is 1. The van der Waals surface area contributed by atoms with Gasteiger partial charge in [-0.25, -0.2) is 8.78 Å². The van der Waals surface area contributed by atoms with Crippen LogP contribution < -0.4 is 10.2 Å². The molecule has 1 aliphatic rings. The molecule has 2 aromatic carbocycles. The van der Waals surface area contributed by atoms with Crippen molar-refractivity contribution in [3.8, 4) is 11.5 Å². The fourth-order valence-electron chi connectivity index (χ4n) is 3.32. The Bertz CT molecular complexity index is 1010. The predicted octanol–water partition coefficient (Wildman–Crippen LogP) is 2.38. The maximum Gasteiger partial charge on any atom is 0.266 e. The Morgan fingerprint density at radius 1 is 1.17 bits per heavy atom. The third kappa shape index (κ3) is 4.24. The molecule has 150 valence electrons. The monoisotopic (exact) mass is 400 g/mol. The Kier molecular flexibility index (Phi) is 5.22. The second kappa shape index (κ2) is 7.96. The molecule has 1 aliphatic heterocycles. The van der Waals surface area contributed by atoms with Crippen molar-refractivity contribution in [1.82, 2.24) is 15.5 Å². The molecule has 1 saturated heterocycles. The fraction of sp³-hybridized carbons (Fsp3) is 0.250. The minimum atomic E-state index is -0.817. The quantitative estimate of drug-likeness (QED) is 0.699. The molecule has 0 spiro atoms. The van der Waals surface area contributed by atoms with E-state index >= 15 is 0 Å². The van der Waals surface area contributed by atoms with Crippen LogP contribution in [0.3, 0.4) is 0 Å². The molecular weight excluding hydrogens is 382 g/mol. The standard InChI is InChI=1S/C20H18F2N4O3/c21-13-6-7-17(22)16(8-13)18(28)23-14-9-15(27)11-26(10-14)20-24-19(29-25-20)12-4-2-1-3-5-12/h1-8,14-15,27H,9-11H2,(H,23,28)/t14-,15+/m0/s1. The number of aromatic nitrogens is 2. The molecule has 0 radical (unpaired) electrons. The fourth-order valence-corrected chi connectivity index (χ4v) is 3.32. The van der Waals surface area contributed by atoms with E-state index in [1.807, 2.05) is 30.3 Å². The van der Waals surface area contributed by atoms with Gasteiger partial charge in [0.15, 0.2) is 0 Å². The van der Waals surface area contributed by atoms with Crippen LogP contribution in [0.25, 0.3) is 11.5 Å². The molecule has 29 heavy (non-hydrogen) atoms. The molecule has 2 N–H and O–H groups in total. The number of hydrogen-bond acceptors (Lipinski definition) is 6. The van der Waals surface area contributed by atoms with E-state index in [-0.39, 0.29) is 31.0 Å².